The van der Waals surface area contributed by atoms with E-state index in [-0.39, 0.29) is 6.04 Å². The number of aryl methyl sites for hydroxylation is 1. The quantitative estimate of drug-likeness (QED) is 0.720. The molecule has 21 heavy (non-hydrogen) atoms. The molecule has 0 aliphatic rings. The highest BCUT2D eigenvalue weighted by Gasteiger charge is 2.16. The minimum Gasteiger partial charge on any atom is -0.459 e. The Morgan fingerprint density at radius 3 is 2.67 bits per heavy atom. The zero-order chi connectivity index (χ0) is 14.8. The van der Waals surface area contributed by atoms with E-state index in [0.717, 1.165) is 22.2 Å². The molecule has 108 valence electrons. The molecule has 1 unspecified atom stereocenters. The molecule has 3 rings (SSSR count). The molecule has 1 heterocycles. The van der Waals surface area contributed by atoms with Gasteiger partial charge in [-0.2, -0.15) is 0 Å². The number of halogens is 1. The van der Waals surface area contributed by atoms with E-state index in [1.165, 1.54) is 16.5 Å². The normalized spacial score (nSPS) is 12.7. The third kappa shape index (κ3) is 3.04. The number of benzene rings is 2. The third-order valence-electron chi connectivity index (χ3n) is 3.78. The van der Waals surface area contributed by atoms with E-state index in [4.69, 9.17) is 4.42 Å². The predicted molar refractivity (Wildman–Crippen MR) is 90.6 cm³/mol. The van der Waals surface area contributed by atoms with Crippen LogP contribution < -0.4 is 5.32 Å². The van der Waals surface area contributed by atoms with Crippen LogP contribution in [0.3, 0.4) is 0 Å². The zero-order valence-electron chi connectivity index (χ0n) is 12.2. The molecule has 0 amide bonds. The summed E-state index contributed by atoms with van der Waals surface area (Å²) >= 11 is 3.52. The Balaban J connectivity index is 1.93. The van der Waals surface area contributed by atoms with Crippen molar-refractivity contribution < 1.29 is 4.42 Å². The second kappa shape index (κ2) is 6.04. The number of fused-ring (bicyclic) bond motifs is 1. The van der Waals surface area contributed by atoms with Crippen molar-refractivity contribution in [2.75, 3.05) is 7.05 Å². The Morgan fingerprint density at radius 1 is 1.14 bits per heavy atom. The molecular formula is C18H18BrNO. The molecular weight excluding hydrogens is 326 g/mol. The fraction of sp³-hybridized carbons (Fsp3) is 0.222. The summed E-state index contributed by atoms with van der Waals surface area (Å²) in [5.74, 6) is 0.988. The molecule has 3 heteroatoms. The van der Waals surface area contributed by atoms with E-state index in [0.29, 0.717) is 0 Å². The van der Waals surface area contributed by atoms with Gasteiger partial charge in [-0.25, -0.2) is 0 Å². The minimum atomic E-state index is 0.172. The lowest BCUT2D eigenvalue weighted by Gasteiger charge is -2.13. The first kappa shape index (κ1) is 14.4. The Morgan fingerprint density at radius 2 is 1.95 bits per heavy atom. The number of hydrogen-bond donors (Lipinski definition) is 1. The maximum atomic E-state index is 6.08. The van der Waals surface area contributed by atoms with Crippen LogP contribution in [0.4, 0.5) is 0 Å². The molecule has 0 fully saturated rings. The molecule has 0 aliphatic carbocycles. The van der Waals surface area contributed by atoms with Crippen LogP contribution in [0.15, 0.2) is 57.4 Å². The van der Waals surface area contributed by atoms with Crippen molar-refractivity contribution in [1.82, 2.24) is 5.32 Å². The van der Waals surface area contributed by atoms with Crippen molar-refractivity contribution in [2.24, 2.45) is 0 Å². The fourth-order valence-corrected chi connectivity index (χ4v) is 3.09. The van der Waals surface area contributed by atoms with E-state index in [2.05, 4.69) is 70.6 Å². The molecule has 0 saturated carbocycles. The van der Waals surface area contributed by atoms with Gasteiger partial charge in [0.05, 0.1) is 6.04 Å². The largest absolute Gasteiger partial charge is 0.459 e. The molecule has 1 aromatic heterocycles. The van der Waals surface area contributed by atoms with Gasteiger partial charge in [-0.15, -0.1) is 0 Å². The van der Waals surface area contributed by atoms with Gasteiger partial charge in [-0.3, -0.25) is 0 Å². The molecule has 0 radical (unpaired) electrons. The topological polar surface area (TPSA) is 25.2 Å². The van der Waals surface area contributed by atoms with Gasteiger partial charge in [-0.1, -0.05) is 46.3 Å². The molecule has 1 atom stereocenters. The molecule has 3 aromatic rings. The van der Waals surface area contributed by atoms with E-state index in [1.807, 2.05) is 13.1 Å². The summed E-state index contributed by atoms with van der Waals surface area (Å²) in [6.45, 7) is 2.08. The number of likely N-dealkylation sites (N-methyl/N-ethyl adjacent to an activating group) is 1. The zero-order valence-corrected chi connectivity index (χ0v) is 13.8. The maximum absolute atomic E-state index is 6.08. The van der Waals surface area contributed by atoms with Crippen LogP contribution in [0.1, 0.15) is 22.9 Å². The summed E-state index contributed by atoms with van der Waals surface area (Å²) in [6.07, 6.45) is 0.898. The minimum absolute atomic E-state index is 0.172. The summed E-state index contributed by atoms with van der Waals surface area (Å²) in [5, 5.41) is 4.52. The van der Waals surface area contributed by atoms with Crippen LogP contribution in [-0.2, 0) is 6.42 Å². The Hall–Kier alpha value is -1.58. The molecule has 0 saturated heterocycles. The Bertz CT molecular complexity index is 763. The molecule has 0 aliphatic heterocycles. The van der Waals surface area contributed by atoms with Gasteiger partial charge in [0, 0.05) is 9.86 Å². The molecule has 0 spiro atoms. The molecule has 1 N–H and O–H groups in total. The summed E-state index contributed by atoms with van der Waals surface area (Å²) in [5.41, 5.74) is 3.44. The first-order chi connectivity index (χ1) is 10.2. The maximum Gasteiger partial charge on any atom is 0.137 e. The van der Waals surface area contributed by atoms with Gasteiger partial charge in [0.25, 0.3) is 0 Å². The number of furan rings is 1. The second-order valence-electron chi connectivity index (χ2n) is 5.32. The number of hydrogen-bond acceptors (Lipinski definition) is 2. The highest BCUT2D eigenvalue weighted by Crippen LogP contribution is 2.28. The van der Waals surface area contributed by atoms with E-state index in [9.17, 15) is 0 Å². The van der Waals surface area contributed by atoms with Crippen LogP contribution >= 0.6 is 15.9 Å². The lowest BCUT2D eigenvalue weighted by atomic mass is 10.0. The van der Waals surface area contributed by atoms with Crippen molar-refractivity contribution in [3.05, 3.63) is 69.9 Å². The van der Waals surface area contributed by atoms with Gasteiger partial charge in [0.1, 0.15) is 11.3 Å². The first-order valence-electron chi connectivity index (χ1n) is 7.08. The lowest BCUT2D eigenvalue weighted by molar-refractivity contribution is 0.450. The van der Waals surface area contributed by atoms with Crippen LogP contribution in [0.5, 0.6) is 0 Å². The van der Waals surface area contributed by atoms with Crippen molar-refractivity contribution in [3.8, 4) is 0 Å². The van der Waals surface area contributed by atoms with Crippen LogP contribution in [0.25, 0.3) is 11.0 Å². The average Bonchev–Trinajstić information content (AvgIpc) is 2.90. The van der Waals surface area contributed by atoms with Gasteiger partial charge in [0.15, 0.2) is 0 Å². The highest BCUT2D eigenvalue weighted by atomic mass is 79.9. The van der Waals surface area contributed by atoms with Gasteiger partial charge in [-0.05, 0) is 49.7 Å². The average molecular weight is 344 g/mol. The summed E-state index contributed by atoms with van der Waals surface area (Å²) in [6, 6.07) is 17.0. The number of rotatable bonds is 4. The second-order valence-corrected chi connectivity index (χ2v) is 6.23. The highest BCUT2D eigenvalue weighted by molar-refractivity contribution is 9.10. The Kier molecular flexibility index (Phi) is 4.13. The van der Waals surface area contributed by atoms with E-state index >= 15 is 0 Å². The van der Waals surface area contributed by atoms with Crippen molar-refractivity contribution in [2.45, 2.75) is 19.4 Å². The number of para-hydroxylation sites is 1. The van der Waals surface area contributed by atoms with Crippen molar-refractivity contribution in [3.63, 3.8) is 0 Å². The van der Waals surface area contributed by atoms with Gasteiger partial charge in [0.2, 0.25) is 0 Å². The SMILES string of the molecule is CNC(Cc1cccc(Br)c1)c1cc2cccc(C)c2o1. The van der Waals surface area contributed by atoms with Crippen LogP contribution in [-0.4, -0.2) is 7.05 Å². The molecule has 2 nitrogen and oxygen atoms in total. The van der Waals surface area contributed by atoms with Crippen LogP contribution in [0.2, 0.25) is 0 Å². The van der Waals surface area contributed by atoms with Gasteiger partial charge >= 0.3 is 0 Å². The first-order valence-corrected chi connectivity index (χ1v) is 7.87. The van der Waals surface area contributed by atoms with Gasteiger partial charge < -0.3 is 9.73 Å². The Labute approximate surface area is 133 Å². The summed E-state index contributed by atoms with van der Waals surface area (Å²) < 4.78 is 7.19. The predicted octanol–water partition coefficient (Wildman–Crippen LogP) is 5.01. The third-order valence-corrected chi connectivity index (χ3v) is 4.27. The summed E-state index contributed by atoms with van der Waals surface area (Å²) in [7, 11) is 1.97. The number of nitrogens with one attached hydrogen (secondary N) is 1. The standard InChI is InChI=1S/C18H18BrNO/c1-12-5-3-7-14-11-17(21-18(12)14)16(20-2)10-13-6-4-8-15(19)9-13/h3-9,11,16,20H,10H2,1-2H3. The lowest BCUT2D eigenvalue weighted by Crippen LogP contribution is -2.18. The van der Waals surface area contributed by atoms with E-state index in [1.54, 1.807) is 0 Å². The van der Waals surface area contributed by atoms with E-state index < -0.39 is 0 Å². The van der Waals surface area contributed by atoms with Crippen molar-refractivity contribution >= 4 is 26.9 Å². The fourth-order valence-electron chi connectivity index (χ4n) is 2.65. The van der Waals surface area contributed by atoms with Crippen molar-refractivity contribution in [1.29, 1.82) is 0 Å². The molecule has 0 bridgehead atoms. The molecule has 2 aromatic carbocycles. The van der Waals surface area contributed by atoms with Crippen LogP contribution in [0, 0.1) is 6.92 Å². The smallest absolute Gasteiger partial charge is 0.137 e. The summed E-state index contributed by atoms with van der Waals surface area (Å²) in [4.78, 5) is 0. The monoisotopic (exact) mass is 343 g/mol.